The summed E-state index contributed by atoms with van der Waals surface area (Å²) >= 11 is 0. The zero-order chi connectivity index (χ0) is 50.1. The lowest BCUT2D eigenvalue weighted by atomic mass is 10.1. The number of allylic oxidation sites excluding steroid dienone is 17. The number of carbonyl (C=O) groups is 2. The van der Waals surface area contributed by atoms with Gasteiger partial charge >= 0.3 is 13.8 Å². The van der Waals surface area contributed by atoms with Gasteiger partial charge in [-0.2, -0.15) is 0 Å². The fourth-order valence-electron chi connectivity index (χ4n) is 6.88. The molecule has 0 fully saturated rings. The number of phosphoric acid groups is 1. The Morgan fingerprint density at radius 1 is 0.529 bits per heavy atom. The number of esters is 1. The lowest BCUT2D eigenvalue weighted by Gasteiger charge is -2.27. The first-order chi connectivity index (χ1) is 32.9. The van der Waals surface area contributed by atoms with Gasteiger partial charge in [0.1, 0.15) is 19.3 Å². The van der Waals surface area contributed by atoms with Crippen LogP contribution in [0.4, 0.5) is 0 Å². The lowest BCUT2D eigenvalue weighted by molar-refractivity contribution is -0.870. The van der Waals surface area contributed by atoms with Gasteiger partial charge in [0.25, 0.3) is 0 Å². The van der Waals surface area contributed by atoms with E-state index in [-0.39, 0.29) is 37.9 Å². The summed E-state index contributed by atoms with van der Waals surface area (Å²) in [7, 11) is 1.42. The number of nitrogens with one attached hydrogen (secondary N) is 1. The fraction of sp³-hybridized carbons (Fsp3) is 0.655. The lowest BCUT2D eigenvalue weighted by Crippen LogP contribution is -2.47. The summed E-state index contributed by atoms with van der Waals surface area (Å²) in [6.07, 6.45) is 63.9. The molecule has 0 spiro atoms. The molecule has 3 atom stereocenters. The first-order valence-electron chi connectivity index (χ1n) is 26.7. The quantitative estimate of drug-likeness (QED) is 0.0205. The van der Waals surface area contributed by atoms with Crippen molar-refractivity contribution in [2.75, 3.05) is 40.9 Å². The zero-order valence-electron chi connectivity index (χ0n) is 44.1. The maximum Gasteiger partial charge on any atom is 0.472 e. The van der Waals surface area contributed by atoms with Crippen molar-refractivity contribution in [3.05, 3.63) is 109 Å². The molecule has 0 saturated carbocycles. The second-order valence-corrected chi connectivity index (χ2v) is 20.1. The van der Waals surface area contributed by atoms with E-state index in [1.165, 1.54) is 51.4 Å². The van der Waals surface area contributed by atoms with E-state index < -0.39 is 20.0 Å². The molecule has 0 bridgehead atoms. The summed E-state index contributed by atoms with van der Waals surface area (Å²) in [5, 5.41) is 2.98. The van der Waals surface area contributed by atoms with E-state index in [9.17, 15) is 19.0 Å². The molecule has 0 aliphatic heterocycles. The number of amides is 1. The largest absolute Gasteiger partial charge is 0.472 e. The summed E-state index contributed by atoms with van der Waals surface area (Å²) in [4.78, 5) is 37.4. The first-order valence-corrected chi connectivity index (χ1v) is 28.2. The van der Waals surface area contributed by atoms with Gasteiger partial charge in [-0.05, 0) is 96.0 Å². The monoisotopic (exact) mass is 968 g/mol. The number of phosphoric ester groups is 1. The smallest absolute Gasteiger partial charge is 0.456 e. The number of likely N-dealkylation sites (N-methyl/N-ethyl adjacent to an activating group) is 1. The van der Waals surface area contributed by atoms with Crippen molar-refractivity contribution in [2.24, 2.45) is 0 Å². The minimum Gasteiger partial charge on any atom is -0.456 e. The number of hydrogen-bond donors (Lipinski definition) is 2. The van der Waals surface area contributed by atoms with Gasteiger partial charge in [0.2, 0.25) is 5.91 Å². The van der Waals surface area contributed by atoms with Crippen LogP contribution >= 0.6 is 7.82 Å². The summed E-state index contributed by atoms with van der Waals surface area (Å²) in [5.41, 5.74) is 0. The summed E-state index contributed by atoms with van der Waals surface area (Å²) < 4.78 is 30.5. The number of carbonyl (C=O) groups excluding carboxylic acids is 2. The van der Waals surface area contributed by atoms with E-state index in [2.05, 4.69) is 111 Å². The Bertz CT molecular complexity index is 1530. The number of quaternary nitrogens is 1. The van der Waals surface area contributed by atoms with Crippen molar-refractivity contribution in [1.82, 2.24) is 5.32 Å². The highest BCUT2D eigenvalue weighted by molar-refractivity contribution is 7.47. The van der Waals surface area contributed by atoms with Crippen molar-refractivity contribution in [1.29, 1.82) is 0 Å². The van der Waals surface area contributed by atoms with Gasteiger partial charge in [0, 0.05) is 12.8 Å². The molecule has 10 heteroatoms. The predicted octanol–water partition coefficient (Wildman–Crippen LogP) is 15.8. The molecular formula is C58H100N2O7P+. The van der Waals surface area contributed by atoms with Crippen LogP contribution in [0.15, 0.2) is 109 Å². The van der Waals surface area contributed by atoms with Crippen LogP contribution in [0.2, 0.25) is 0 Å². The van der Waals surface area contributed by atoms with E-state index in [0.717, 1.165) is 96.3 Å². The molecule has 68 heavy (non-hydrogen) atoms. The molecule has 0 aromatic rings. The van der Waals surface area contributed by atoms with Gasteiger partial charge in [-0.1, -0.05) is 195 Å². The highest BCUT2D eigenvalue weighted by Gasteiger charge is 2.30. The van der Waals surface area contributed by atoms with Gasteiger partial charge in [-0.25, -0.2) is 4.57 Å². The van der Waals surface area contributed by atoms with Gasteiger partial charge in [0.05, 0.1) is 33.8 Å². The molecule has 388 valence electrons. The van der Waals surface area contributed by atoms with E-state index >= 15 is 0 Å². The van der Waals surface area contributed by atoms with E-state index in [1.807, 2.05) is 45.4 Å². The molecule has 0 radical (unpaired) electrons. The summed E-state index contributed by atoms with van der Waals surface area (Å²) in [5.74, 6) is -0.639. The van der Waals surface area contributed by atoms with Crippen LogP contribution in [0.3, 0.4) is 0 Å². The second kappa shape index (κ2) is 47.4. The van der Waals surface area contributed by atoms with Gasteiger partial charge in [-0.3, -0.25) is 18.6 Å². The molecule has 1 amide bonds. The molecule has 0 aromatic heterocycles. The third-order valence-corrected chi connectivity index (χ3v) is 12.0. The number of hydrogen-bond acceptors (Lipinski definition) is 6. The van der Waals surface area contributed by atoms with Gasteiger partial charge in [-0.15, -0.1) is 0 Å². The molecule has 3 unspecified atom stereocenters. The Morgan fingerprint density at radius 3 is 1.44 bits per heavy atom. The molecule has 0 aliphatic rings. The number of nitrogens with zero attached hydrogens (tertiary/aromatic N) is 1. The molecule has 9 nitrogen and oxygen atoms in total. The molecule has 0 aromatic carbocycles. The van der Waals surface area contributed by atoms with Crippen LogP contribution in [-0.4, -0.2) is 74.3 Å². The number of ether oxygens (including phenoxy) is 1. The van der Waals surface area contributed by atoms with Crippen molar-refractivity contribution in [2.45, 2.75) is 206 Å². The normalized spacial score (nSPS) is 14.8. The Morgan fingerprint density at radius 2 is 0.956 bits per heavy atom. The second-order valence-electron chi connectivity index (χ2n) is 18.6. The molecule has 0 saturated heterocycles. The van der Waals surface area contributed by atoms with E-state index in [4.69, 9.17) is 13.8 Å². The Balaban J connectivity index is 5.58. The maximum atomic E-state index is 13.4. The Labute approximate surface area is 417 Å². The highest BCUT2D eigenvalue weighted by Crippen LogP contribution is 2.43. The average Bonchev–Trinajstić information content (AvgIpc) is 3.29. The molecule has 2 N–H and O–H groups in total. The third-order valence-electron chi connectivity index (χ3n) is 11.0. The maximum absolute atomic E-state index is 13.4. The minimum atomic E-state index is -4.47. The Kier molecular flexibility index (Phi) is 45.0. The van der Waals surface area contributed by atoms with Crippen molar-refractivity contribution in [3.63, 3.8) is 0 Å². The predicted molar refractivity (Wildman–Crippen MR) is 290 cm³/mol. The number of unbranched alkanes of at least 4 members (excludes halogenated alkanes) is 14. The van der Waals surface area contributed by atoms with Crippen LogP contribution in [0, 0.1) is 0 Å². The standard InChI is InChI=1S/C58H99N2O7P/c1-7-10-13-16-19-22-25-28-30-31-32-35-38-41-44-47-50-57(61)59-55(54-66-68(63,64)65-53-52-60(4,5)6)56(49-46-43-40-37-34-27-24-21-18-15-12-9-3)67-58(62)51-48-45-42-39-36-33-29-26-23-20-17-14-11-8-2/h10-11,13-14,19-20,22-23,28-30,32-33,35,41,44,46,49,55-56H,7-9,12,15-18,21,24-27,31,34,36-40,42-43,45,47-48,50-54H2,1-6H3,(H-,59,61,63,64)/p+1/b13-10+,14-11+,22-19+,23-20+,30-28+,33-29+,35-32+,44-41+,49-46+. The summed E-state index contributed by atoms with van der Waals surface area (Å²) in [6.45, 7) is 6.67. The van der Waals surface area contributed by atoms with Crippen molar-refractivity contribution >= 4 is 19.7 Å². The van der Waals surface area contributed by atoms with Gasteiger partial charge in [0.15, 0.2) is 0 Å². The van der Waals surface area contributed by atoms with Crippen molar-refractivity contribution in [3.8, 4) is 0 Å². The molecule has 0 heterocycles. The van der Waals surface area contributed by atoms with Crippen LogP contribution in [0.25, 0.3) is 0 Å². The zero-order valence-corrected chi connectivity index (χ0v) is 44.9. The van der Waals surface area contributed by atoms with Crippen LogP contribution < -0.4 is 5.32 Å². The molecular weight excluding hydrogens is 868 g/mol. The SMILES string of the molecule is CC/C=C/C/C=C/C/C=C/C/C=C/C/C=C/CCC(=O)NC(COP(=O)(O)OCC[N+](C)(C)C)C(/C=C/CCCCCCCCCCCC)OC(=O)CCCCCC/C=C/C/C=C/C/C=C/CC. The first kappa shape index (κ1) is 64.7. The average molecular weight is 968 g/mol. The van der Waals surface area contributed by atoms with E-state index in [0.29, 0.717) is 23.9 Å². The topological polar surface area (TPSA) is 111 Å². The molecule has 0 aliphatic carbocycles. The fourth-order valence-corrected chi connectivity index (χ4v) is 7.62. The van der Waals surface area contributed by atoms with Crippen LogP contribution in [0.5, 0.6) is 0 Å². The van der Waals surface area contributed by atoms with Crippen LogP contribution in [0.1, 0.15) is 194 Å². The van der Waals surface area contributed by atoms with Crippen LogP contribution in [-0.2, 0) is 27.9 Å². The van der Waals surface area contributed by atoms with Gasteiger partial charge < -0.3 is 19.4 Å². The Hall–Kier alpha value is -3.33. The summed E-state index contributed by atoms with van der Waals surface area (Å²) in [6, 6.07) is -0.902. The third kappa shape index (κ3) is 47.7. The van der Waals surface area contributed by atoms with E-state index in [1.54, 1.807) is 0 Å². The highest BCUT2D eigenvalue weighted by atomic mass is 31.2. The van der Waals surface area contributed by atoms with Crippen molar-refractivity contribution < 1.29 is 37.3 Å². The minimum absolute atomic E-state index is 0.0174. The molecule has 0 rings (SSSR count). The number of rotatable bonds is 46.